The summed E-state index contributed by atoms with van der Waals surface area (Å²) in [5.74, 6) is 2.66. The Bertz CT molecular complexity index is 569. The van der Waals surface area contributed by atoms with Gasteiger partial charge in [0.15, 0.2) is 17.3 Å². The molecule has 1 aromatic heterocycles. The van der Waals surface area contributed by atoms with Crippen molar-refractivity contribution in [3.05, 3.63) is 35.5 Å². The van der Waals surface area contributed by atoms with Crippen LogP contribution in [0.5, 0.6) is 11.5 Å². The topological polar surface area (TPSA) is 83.4 Å². The van der Waals surface area contributed by atoms with Crippen LogP contribution in [0, 0.1) is 0 Å². The molecule has 1 aromatic carbocycles. The third-order valence-corrected chi connectivity index (χ3v) is 3.07. The molecule has 108 valence electrons. The van der Waals surface area contributed by atoms with Crippen molar-refractivity contribution in [1.82, 2.24) is 10.1 Å². The number of ether oxygens (including phenoxy) is 2. The van der Waals surface area contributed by atoms with E-state index in [1.54, 1.807) is 14.2 Å². The Hall–Kier alpha value is -2.08. The molecule has 1 atom stereocenters. The first-order chi connectivity index (χ1) is 9.67. The number of rotatable bonds is 6. The van der Waals surface area contributed by atoms with E-state index < -0.39 is 0 Å². The van der Waals surface area contributed by atoms with E-state index in [0.29, 0.717) is 36.2 Å². The Balaban J connectivity index is 2.15. The smallest absolute Gasteiger partial charge is 0.230 e. The lowest BCUT2D eigenvalue weighted by atomic mass is 10.1. The molecule has 0 radical (unpaired) electrons. The predicted molar refractivity (Wildman–Crippen MR) is 74.1 cm³/mol. The van der Waals surface area contributed by atoms with Gasteiger partial charge in [-0.3, -0.25) is 0 Å². The molecule has 0 aliphatic rings. The van der Waals surface area contributed by atoms with E-state index in [9.17, 15) is 0 Å². The van der Waals surface area contributed by atoms with E-state index in [-0.39, 0.29) is 5.92 Å². The fraction of sp³-hybridized carbons (Fsp3) is 0.429. The molecular weight excluding hydrogens is 258 g/mol. The molecule has 20 heavy (non-hydrogen) atoms. The fourth-order valence-electron chi connectivity index (χ4n) is 1.81. The van der Waals surface area contributed by atoms with Crippen LogP contribution in [0.2, 0.25) is 0 Å². The first-order valence-corrected chi connectivity index (χ1v) is 6.41. The van der Waals surface area contributed by atoms with Crippen molar-refractivity contribution in [3.63, 3.8) is 0 Å². The van der Waals surface area contributed by atoms with Crippen LogP contribution >= 0.6 is 0 Å². The SMILES string of the molecule is COc1ccc(Cc2noc(C(C)CN)n2)cc1OC. The van der Waals surface area contributed by atoms with Crippen molar-refractivity contribution in [2.24, 2.45) is 5.73 Å². The summed E-state index contributed by atoms with van der Waals surface area (Å²) in [4.78, 5) is 4.34. The van der Waals surface area contributed by atoms with Gasteiger partial charge in [0.1, 0.15) is 0 Å². The van der Waals surface area contributed by atoms with Gasteiger partial charge in [-0.05, 0) is 17.7 Å². The predicted octanol–water partition coefficient (Wildman–Crippen LogP) is 1.74. The second-order valence-electron chi connectivity index (χ2n) is 4.55. The van der Waals surface area contributed by atoms with Crippen molar-refractivity contribution < 1.29 is 14.0 Å². The summed E-state index contributed by atoms with van der Waals surface area (Å²) >= 11 is 0. The van der Waals surface area contributed by atoms with Gasteiger partial charge in [0, 0.05) is 18.9 Å². The summed E-state index contributed by atoms with van der Waals surface area (Å²) in [7, 11) is 3.22. The highest BCUT2D eigenvalue weighted by atomic mass is 16.5. The number of aromatic nitrogens is 2. The number of nitrogens with two attached hydrogens (primary N) is 1. The third-order valence-electron chi connectivity index (χ3n) is 3.07. The van der Waals surface area contributed by atoms with Crippen molar-refractivity contribution in [1.29, 1.82) is 0 Å². The summed E-state index contributed by atoms with van der Waals surface area (Å²) < 4.78 is 15.7. The molecule has 6 heteroatoms. The summed E-state index contributed by atoms with van der Waals surface area (Å²) in [6.45, 7) is 2.44. The number of methoxy groups -OCH3 is 2. The zero-order valence-corrected chi connectivity index (χ0v) is 11.9. The molecule has 0 amide bonds. The first-order valence-electron chi connectivity index (χ1n) is 6.41. The molecule has 1 unspecified atom stereocenters. The lowest BCUT2D eigenvalue weighted by Crippen LogP contribution is -2.09. The maximum absolute atomic E-state index is 5.58. The lowest BCUT2D eigenvalue weighted by Gasteiger charge is -2.08. The summed E-state index contributed by atoms with van der Waals surface area (Å²) in [6, 6.07) is 5.71. The zero-order valence-electron chi connectivity index (χ0n) is 11.9. The fourth-order valence-corrected chi connectivity index (χ4v) is 1.81. The van der Waals surface area contributed by atoms with Crippen LogP contribution < -0.4 is 15.2 Å². The van der Waals surface area contributed by atoms with Crippen molar-refractivity contribution >= 4 is 0 Å². The minimum atomic E-state index is 0.0710. The molecule has 2 N–H and O–H groups in total. The number of hydrogen-bond donors (Lipinski definition) is 1. The normalized spacial score (nSPS) is 12.2. The minimum absolute atomic E-state index is 0.0710. The average molecular weight is 277 g/mol. The minimum Gasteiger partial charge on any atom is -0.493 e. The molecule has 0 aliphatic carbocycles. The van der Waals surface area contributed by atoms with Gasteiger partial charge in [0.2, 0.25) is 5.89 Å². The summed E-state index contributed by atoms with van der Waals surface area (Å²) in [5.41, 5.74) is 6.60. The van der Waals surface area contributed by atoms with Crippen LogP contribution in [0.25, 0.3) is 0 Å². The quantitative estimate of drug-likeness (QED) is 0.866. The van der Waals surface area contributed by atoms with Gasteiger partial charge in [-0.2, -0.15) is 4.98 Å². The number of hydrogen-bond acceptors (Lipinski definition) is 6. The van der Waals surface area contributed by atoms with E-state index in [0.717, 1.165) is 5.56 Å². The second kappa shape index (κ2) is 6.38. The summed E-state index contributed by atoms with van der Waals surface area (Å²) in [6.07, 6.45) is 0.571. The van der Waals surface area contributed by atoms with Crippen LogP contribution in [0.4, 0.5) is 0 Å². The van der Waals surface area contributed by atoms with Crippen LogP contribution in [0.15, 0.2) is 22.7 Å². The van der Waals surface area contributed by atoms with E-state index in [1.165, 1.54) is 0 Å². The monoisotopic (exact) mass is 277 g/mol. The molecule has 6 nitrogen and oxygen atoms in total. The van der Waals surface area contributed by atoms with E-state index in [4.69, 9.17) is 19.7 Å². The van der Waals surface area contributed by atoms with E-state index in [2.05, 4.69) is 10.1 Å². The highest BCUT2D eigenvalue weighted by Gasteiger charge is 2.13. The number of nitrogens with zero attached hydrogens (tertiary/aromatic N) is 2. The van der Waals surface area contributed by atoms with Crippen molar-refractivity contribution in [3.8, 4) is 11.5 Å². The molecule has 0 saturated heterocycles. The highest BCUT2D eigenvalue weighted by Crippen LogP contribution is 2.28. The average Bonchev–Trinajstić information content (AvgIpc) is 2.94. The van der Waals surface area contributed by atoms with Gasteiger partial charge in [-0.25, -0.2) is 0 Å². The van der Waals surface area contributed by atoms with Gasteiger partial charge in [0.05, 0.1) is 14.2 Å². The Labute approximate surface area is 117 Å². The van der Waals surface area contributed by atoms with Gasteiger partial charge in [0.25, 0.3) is 0 Å². The maximum atomic E-state index is 5.58. The van der Waals surface area contributed by atoms with Crippen LogP contribution in [0.3, 0.4) is 0 Å². The standard InChI is InChI=1S/C14H19N3O3/c1-9(8-15)14-16-13(17-20-14)7-10-4-5-11(18-2)12(6-10)19-3/h4-6,9H,7-8,15H2,1-3H3. The molecular formula is C14H19N3O3. The maximum Gasteiger partial charge on any atom is 0.230 e. The molecule has 0 bridgehead atoms. The molecule has 0 fully saturated rings. The van der Waals surface area contributed by atoms with E-state index >= 15 is 0 Å². The molecule has 0 aliphatic heterocycles. The van der Waals surface area contributed by atoms with Crippen molar-refractivity contribution in [2.75, 3.05) is 20.8 Å². The largest absolute Gasteiger partial charge is 0.493 e. The zero-order chi connectivity index (χ0) is 14.5. The Morgan fingerprint density at radius 1 is 1.25 bits per heavy atom. The van der Waals surface area contributed by atoms with Crippen LogP contribution in [0.1, 0.15) is 30.1 Å². The van der Waals surface area contributed by atoms with Crippen LogP contribution in [-0.2, 0) is 6.42 Å². The molecule has 0 spiro atoms. The first kappa shape index (κ1) is 14.3. The Morgan fingerprint density at radius 3 is 2.65 bits per heavy atom. The second-order valence-corrected chi connectivity index (χ2v) is 4.55. The highest BCUT2D eigenvalue weighted by molar-refractivity contribution is 5.43. The molecule has 0 saturated carbocycles. The summed E-state index contributed by atoms with van der Waals surface area (Å²) in [5, 5.41) is 3.96. The van der Waals surface area contributed by atoms with Gasteiger partial charge >= 0.3 is 0 Å². The van der Waals surface area contributed by atoms with Crippen LogP contribution in [-0.4, -0.2) is 30.9 Å². The third kappa shape index (κ3) is 3.08. The van der Waals surface area contributed by atoms with Crippen molar-refractivity contribution in [2.45, 2.75) is 19.3 Å². The van der Waals surface area contributed by atoms with Gasteiger partial charge < -0.3 is 19.7 Å². The Morgan fingerprint density at radius 2 is 2.00 bits per heavy atom. The van der Waals surface area contributed by atoms with Gasteiger partial charge in [-0.1, -0.05) is 18.1 Å². The van der Waals surface area contributed by atoms with E-state index in [1.807, 2.05) is 25.1 Å². The molecule has 2 rings (SSSR count). The Kier molecular flexibility index (Phi) is 4.57. The lowest BCUT2D eigenvalue weighted by molar-refractivity contribution is 0.354. The molecule has 2 aromatic rings. The number of benzene rings is 1. The molecule has 1 heterocycles. The van der Waals surface area contributed by atoms with Gasteiger partial charge in [-0.15, -0.1) is 0 Å².